The molecule has 156 valence electrons. The third-order valence-corrected chi connectivity index (χ3v) is 5.04. The first-order valence-corrected chi connectivity index (χ1v) is 9.80. The minimum atomic E-state index is -4.39. The largest absolute Gasteiger partial charge is 0.434 e. The van der Waals surface area contributed by atoms with Gasteiger partial charge in [0.05, 0.1) is 5.01 Å². The van der Waals surface area contributed by atoms with Gasteiger partial charge in [0.15, 0.2) is 17.5 Å². The molecule has 0 aromatic carbocycles. The molecule has 7 nitrogen and oxygen atoms in total. The van der Waals surface area contributed by atoms with Gasteiger partial charge in [-0.05, 0) is 19.8 Å². The molecule has 0 amide bonds. The molecule has 0 saturated heterocycles. The number of fused-ring (bicyclic) bond motifs is 1. The number of thiazole rings is 1. The number of aromatic nitrogens is 4. The fourth-order valence-electron chi connectivity index (χ4n) is 2.82. The van der Waals surface area contributed by atoms with Crippen LogP contribution in [0.3, 0.4) is 0 Å². The Balaban J connectivity index is 0.00000280. The maximum absolute atomic E-state index is 12.6. The number of hydrogen-bond donors (Lipinski definition) is 2. The van der Waals surface area contributed by atoms with E-state index in [1.54, 1.807) is 0 Å². The minimum absolute atomic E-state index is 0. The standard InChI is InChI=1S/C16H22F3N7S.HI/c1-2-20-15(21-7-6-14-23-11(10-27-14)16(17,18)19)22-9-13-25-24-12-5-3-4-8-26(12)13;/h10H,2-9H2,1H3,(H2,20,21,22);1H. The minimum Gasteiger partial charge on any atom is -0.357 e. The first kappa shape index (κ1) is 22.8. The van der Waals surface area contributed by atoms with E-state index >= 15 is 0 Å². The van der Waals surface area contributed by atoms with E-state index in [4.69, 9.17) is 0 Å². The second-order valence-corrected chi connectivity index (χ2v) is 7.08. The number of rotatable bonds is 6. The van der Waals surface area contributed by atoms with E-state index in [0.29, 0.717) is 37.0 Å². The number of aryl methyl sites for hydroxylation is 1. The lowest BCUT2D eigenvalue weighted by Crippen LogP contribution is -2.38. The SMILES string of the molecule is CCNC(=NCc1nnc2n1CCCC2)NCCc1nc(C(F)(F)F)cs1.I. The molecule has 2 aromatic rings. The zero-order chi connectivity index (χ0) is 19.3. The molecule has 0 radical (unpaired) electrons. The van der Waals surface area contributed by atoms with Crippen LogP contribution in [0.5, 0.6) is 0 Å². The summed E-state index contributed by atoms with van der Waals surface area (Å²) in [6, 6.07) is 0. The van der Waals surface area contributed by atoms with Gasteiger partial charge in [-0.15, -0.1) is 45.5 Å². The molecule has 0 aliphatic carbocycles. The smallest absolute Gasteiger partial charge is 0.357 e. The third kappa shape index (κ3) is 6.03. The lowest BCUT2D eigenvalue weighted by Gasteiger charge is -2.14. The van der Waals surface area contributed by atoms with E-state index in [-0.39, 0.29) is 24.0 Å². The summed E-state index contributed by atoms with van der Waals surface area (Å²) in [5.41, 5.74) is -0.834. The highest BCUT2D eigenvalue weighted by atomic mass is 127. The van der Waals surface area contributed by atoms with Crippen LogP contribution in [-0.4, -0.2) is 38.8 Å². The summed E-state index contributed by atoms with van der Waals surface area (Å²) in [5, 5.41) is 16.2. The molecule has 2 aromatic heterocycles. The maximum atomic E-state index is 12.6. The molecule has 3 rings (SSSR count). The molecular weight excluding hydrogens is 506 g/mol. The predicted octanol–water partition coefficient (Wildman–Crippen LogP) is 3.01. The van der Waals surface area contributed by atoms with Crippen molar-refractivity contribution in [2.45, 2.75) is 51.9 Å². The second-order valence-electron chi connectivity index (χ2n) is 6.14. The Morgan fingerprint density at radius 2 is 2.11 bits per heavy atom. The average molecular weight is 529 g/mol. The lowest BCUT2D eigenvalue weighted by molar-refractivity contribution is -0.140. The summed E-state index contributed by atoms with van der Waals surface area (Å²) >= 11 is 1.02. The van der Waals surface area contributed by atoms with E-state index in [0.717, 1.165) is 54.2 Å². The number of alkyl halides is 3. The number of guanidine groups is 1. The molecule has 0 bridgehead atoms. The van der Waals surface area contributed by atoms with Gasteiger partial charge in [-0.25, -0.2) is 9.98 Å². The molecular formula is C16H23F3IN7S. The highest BCUT2D eigenvalue weighted by molar-refractivity contribution is 14.0. The van der Waals surface area contributed by atoms with Crippen molar-refractivity contribution >= 4 is 41.3 Å². The third-order valence-electron chi connectivity index (χ3n) is 4.13. The fourth-order valence-corrected chi connectivity index (χ4v) is 3.63. The van der Waals surface area contributed by atoms with Crippen molar-refractivity contribution < 1.29 is 13.2 Å². The van der Waals surface area contributed by atoms with Crippen LogP contribution in [0.2, 0.25) is 0 Å². The van der Waals surface area contributed by atoms with Gasteiger partial charge < -0.3 is 15.2 Å². The first-order chi connectivity index (χ1) is 13.0. The Kier molecular flexibility index (Phi) is 8.46. The van der Waals surface area contributed by atoms with Crippen LogP contribution in [0.15, 0.2) is 10.4 Å². The van der Waals surface area contributed by atoms with Crippen LogP contribution in [0.1, 0.15) is 42.1 Å². The molecule has 3 heterocycles. The van der Waals surface area contributed by atoms with Gasteiger partial charge in [0.1, 0.15) is 12.4 Å². The number of halogens is 4. The van der Waals surface area contributed by atoms with Crippen LogP contribution < -0.4 is 10.6 Å². The molecule has 12 heteroatoms. The zero-order valence-corrected chi connectivity index (χ0v) is 18.6. The summed E-state index contributed by atoms with van der Waals surface area (Å²) in [7, 11) is 0. The van der Waals surface area contributed by atoms with Crippen LogP contribution in [0.4, 0.5) is 13.2 Å². The fraction of sp³-hybridized carbons (Fsp3) is 0.625. The zero-order valence-electron chi connectivity index (χ0n) is 15.4. The number of aliphatic imine (C=N–C) groups is 1. The summed E-state index contributed by atoms with van der Waals surface area (Å²) in [5.74, 6) is 2.43. The number of hydrogen-bond acceptors (Lipinski definition) is 5. The maximum Gasteiger partial charge on any atom is 0.434 e. The van der Waals surface area contributed by atoms with E-state index in [9.17, 15) is 13.2 Å². The van der Waals surface area contributed by atoms with Crippen LogP contribution in [0.25, 0.3) is 0 Å². The highest BCUT2D eigenvalue weighted by Gasteiger charge is 2.33. The number of nitrogens with one attached hydrogen (secondary N) is 2. The highest BCUT2D eigenvalue weighted by Crippen LogP contribution is 2.30. The van der Waals surface area contributed by atoms with Crippen LogP contribution in [-0.2, 0) is 32.1 Å². The Bertz CT molecular complexity index is 788. The summed E-state index contributed by atoms with van der Waals surface area (Å²) in [4.78, 5) is 8.14. The predicted molar refractivity (Wildman–Crippen MR) is 112 cm³/mol. The van der Waals surface area contributed by atoms with Crippen molar-refractivity contribution in [3.63, 3.8) is 0 Å². The van der Waals surface area contributed by atoms with Gasteiger partial charge in [0.25, 0.3) is 0 Å². The second kappa shape index (κ2) is 10.4. The van der Waals surface area contributed by atoms with Crippen molar-refractivity contribution in [3.8, 4) is 0 Å². The summed E-state index contributed by atoms with van der Waals surface area (Å²) < 4.78 is 39.9. The van der Waals surface area contributed by atoms with Crippen molar-refractivity contribution in [1.82, 2.24) is 30.4 Å². The van der Waals surface area contributed by atoms with Crippen molar-refractivity contribution in [3.05, 3.63) is 27.7 Å². The summed E-state index contributed by atoms with van der Waals surface area (Å²) in [6.45, 7) is 4.39. The Morgan fingerprint density at radius 3 is 2.82 bits per heavy atom. The molecule has 2 N–H and O–H groups in total. The van der Waals surface area contributed by atoms with Crippen LogP contribution >= 0.6 is 35.3 Å². The monoisotopic (exact) mass is 529 g/mol. The molecule has 1 aliphatic heterocycles. The topological polar surface area (TPSA) is 80.0 Å². The quantitative estimate of drug-likeness (QED) is 0.342. The molecule has 1 aliphatic rings. The molecule has 0 fully saturated rings. The van der Waals surface area contributed by atoms with Gasteiger partial charge in [-0.3, -0.25) is 0 Å². The van der Waals surface area contributed by atoms with Gasteiger partial charge in [-0.1, -0.05) is 0 Å². The van der Waals surface area contributed by atoms with Gasteiger partial charge in [0.2, 0.25) is 0 Å². The van der Waals surface area contributed by atoms with Crippen LogP contribution in [0, 0.1) is 0 Å². The van der Waals surface area contributed by atoms with E-state index < -0.39 is 11.9 Å². The Hall–Kier alpha value is -1.44. The summed E-state index contributed by atoms with van der Waals surface area (Å²) in [6.07, 6.45) is -0.795. The van der Waals surface area contributed by atoms with Crippen molar-refractivity contribution in [2.24, 2.45) is 4.99 Å². The molecule has 0 spiro atoms. The van der Waals surface area contributed by atoms with E-state index in [1.807, 2.05) is 6.92 Å². The Labute approximate surface area is 182 Å². The van der Waals surface area contributed by atoms with Gasteiger partial charge in [0, 0.05) is 37.9 Å². The number of nitrogens with zero attached hydrogens (tertiary/aromatic N) is 5. The average Bonchev–Trinajstić information content (AvgIpc) is 3.26. The van der Waals surface area contributed by atoms with E-state index in [1.165, 1.54) is 0 Å². The first-order valence-electron chi connectivity index (χ1n) is 8.92. The Morgan fingerprint density at radius 1 is 1.29 bits per heavy atom. The molecule has 0 unspecified atom stereocenters. The molecule has 28 heavy (non-hydrogen) atoms. The van der Waals surface area contributed by atoms with E-state index in [2.05, 4.69) is 35.4 Å². The molecule has 0 atom stereocenters. The van der Waals surface area contributed by atoms with Crippen molar-refractivity contribution in [2.75, 3.05) is 13.1 Å². The molecule has 0 saturated carbocycles. The lowest BCUT2D eigenvalue weighted by atomic mass is 10.2. The van der Waals surface area contributed by atoms with Crippen molar-refractivity contribution in [1.29, 1.82) is 0 Å². The van der Waals surface area contributed by atoms with Gasteiger partial charge in [-0.2, -0.15) is 13.2 Å². The van der Waals surface area contributed by atoms with Gasteiger partial charge >= 0.3 is 6.18 Å². The normalized spacial score (nSPS) is 14.4.